The average Bonchev–Trinajstić information content (AvgIpc) is 4.09. The second-order valence-electron chi connectivity index (χ2n) is 17.0. The number of rotatable bonds is 12. The molecule has 2 aromatic carbocycles. The van der Waals surface area contributed by atoms with E-state index in [1.165, 1.54) is 37.8 Å². The van der Waals surface area contributed by atoms with Gasteiger partial charge in [-0.25, -0.2) is 13.8 Å². The molecule has 12 nitrogen and oxygen atoms in total. The third-order valence-electron chi connectivity index (χ3n) is 12.6. The number of halogens is 2. The molecule has 4 aromatic rings. The van der Waals surface area contributed by atoms with Crippen LogP contribution >= 0.6 is 0 Å². The molecule has 2 aliphatic heterocycles. The average molecular weight is 777 g/mol. The summed E-state index contributed by atoms with van der Waals surface area (Å²) >= 11 is 0. The molecule has 4 unspecified atom stereocenters. The number of carbonyl (C=O) groups excluding carboxylic acids is 1. The van der Waals surface area contributed by atoms with Crippen LogP contribution in [0.4, 0.5) is 14.6 Å². The van der Waals surface area contributed by atoms with Crippen molar-refractivity contribution in [3.05, 3.63) is 41.5 Å². The molecule has 3 N–H and O–H groups in total. The van der Waals surface area contributed by atoms with E-state index < -0.39 is 11.6 Å². The molecule has 2 aromatic heterocycles. The normalized spacial score (nSPS) is 26.0. The number of likely N-dealkylation sites (tertiary alicyclic amines) is 1. The fourth-order valence-corrected chi connectivity index (χ4v) is 9.29. The van der Waals surface area contributed by atoms with Gasteiger partial charge in [0.2, 0.25) is 11.8 Å². The van der Waals surface area contributed by atoms with E-state index in [9.17, 15) is 9.90 Å². The summed E-state index contributed by atoms with van der Waals surface area (Å²) in [6.45, 7) is 6.57. The predicted molar refractivity (Wildman–Crippen MR) is 210 cm³/mol. The Labute approximate surface area is 329 Å². The number of benzene rings is 2. The highest BCUT2D eigenvalue weighted by Crippen LogP contribution is 2.51. The Morgan fingerprint density at radius 1 is 1.11 bits per heavy atom. The molecular formula is C43H46F2N8O4. The molecule has 3 aliphatic carbocycles. The summed E-state index contributed by atoms with van der Waals surface area (Å²) in [7, 11) is 1.42. The first-order valence-electron chi connectivity index (χ1n) is 20.0. The number of aromatic hydroxyl groups is 1. The maximum Gasteiger partial charge on any atom is 0.319 e. The summed E-state index contributed by atoms with van der Waals surface area (Å²) in [5.74, 6) is 2.71. The number of nitriles is 1. The number of carbonyl (C=O) groups is 1. The van der Waals surface area contributed by atoms with Crippen molar-refractivity contribution in [3.63, 3.8) is 0 Å². The SMILES string of the molecule is C#Cc1c(F)ccc2cc(O)cc(-c3nc(OC)c4c(N5CC(C)NC(CCC(=O)NC6CC(C#N)C6)C5)nc(OCC5(CN6CC7CC7C6)CC5)nc4c3F)c12. The van der Waals surface area contributed by atoms with Crippen molar-refractivity contribution in [1.82, 2.24) is 30.5 Å². The lowest BCUT2D eigenvalue weighted by atomic mass is 9.81. The van der Waals surface area contributed by atoms with E-state index in [0.29, 0.717) is 56.6 Å². The smallest absolute Gasteiger partial charge is 0.319 e. The van der Waals surface area contributed by atoms with E-state index in [1.54, 1.807) is 0 Å². The third-order valence-corrected chi connectivity index (χ3v) is 12.6. The largest absolute Gasteiger partial charge is 0.508 e. The molecule has 2 saturated heterocycles. The van der Waals surface area contributed by atoms with Gasteiger partial charge in [-0.15, -0.1) is 6.42 Å². The van der Waals surface area contributed by atoms with E-state index in [0.717, 1.165) is 44.3 Å². The summed E-state index contributed by atoms with van der Waals surface area (Å²) in [6, 6.07) is 7.59. The Morgan fingerprint density at radius 3 is 2.61 bits per heavy atom. The molecule has 0 bridgehead atoms. The molecule has 5 aliphatic rings. The van der Waals surface area contributed by atoms with Gasteiger partial charge in [0.25, 0.3) is 0 Å². The number of phenols is 1. The van der Waals surface area contributed by atoms with E-state index >= 15 is 8.78 Å². The molecule has 3 saturated carbocycles. The van der Waals surface area contributed by atoms with Gasteiger partial charge in [-0.3, -0.25) is 4.79 Å². The number of ether oxygens (including phenoxy) is 2. The van der Waals surface area contributed by atoms with Crippen LogP contribution in [0.25, 0.3) is 32.9 Å². The highest BCUT2D eigenvalue weighted by Gasteiger charge is 2.51. The highest BCUT2D eigenvalue weighted by molar-refractivity contribution is 6.04. The van der Waals surface area contributed by atoms with Crippen LogP contribution in [-0.2, 0) is 4.79 Å². The number of nitrogens with one attached hydrogen (secondary N) is 2. The maximum absolute atomic E-state index is 17.3. The summed E-state index contributed by atoms with van der Waals surface area (Å²) < 4.78 is 44.7. The van der Waals surface area contributed by atoms with E-state index in [4.69, 9.17) is 26.1 Å². The lowest BCUT2D eigenvalue weighted by Crippen LogP contribution is -2.56. The number of piperazine rings is 1. The third kappa shape index (κ3) is 7.26. The summed E-state index contributed by atoms with van der Waals surface area (Å²) in [5.41, 5.74) is -0.356. The summed E-state index contributed by atoms with van der Waals surface area (Å²) in [4.78, 5) is 31.7. The number of hydrogen-bond donors (Lipinski definition) is 3. The van der Waals surface area contributed by atoms with Gasteiger partial charge in [0, 0.05) is 73.6 Å². The lowest BCUT2D eigenvalue weighted by molar-refractivity contribution is -0.122. The van der Waals surface area contributed by atoms with E-state index in [2.05, 4.69) is 37.5 Å². The fourth-order valence-electron chi connectivity index (χ4n) is 9.29. The number of methoxy groups -OCH3 is 1. The molecule has 5 fully saturated rings. The van der Waals surface area contributed by atoms with Crippen LogP contribution in [0.3, 0.4) is 0 Å². The molecule has 0 radical (unpaired) electrons. The molecule has 0 spiro atoms. The number of piperidine rings is 1. The predicted octanol–water partition coefficient (Wildman–Crippen LogP) is 5.29. The van der Waals surface area contributed by atoms with E-state index in [-0.39, 0.29) is 86.1 Å². The zero-order valence-electron chi connectivity index (χ0n) is 32.2. The number of fused-ring (bicyclic) bond motifs is 3. The van der Waals surface area contributed by atoms with Gasteiger partial charge in [-0.05, 0) is 80.9 Å². The Kier molecular flexibility index (Phi) is 9.53. The minimum Gasteiger partial charge on any atom is -0.508 e. The van der Waals surface area contributed by atoms with Crippen molar-refractivity contribution in [2.24, 2.45) is 23.2 Å². The minimum atomic E-state index is -0.832. The zero-order chi connectivity index (χ0) is 39.6. The zero-order valence-corrected chi connectivity index (χ0v) is 32.2. The standard InChI is InChI=1S/C43H46F2N8O4/c1-4-31-33(44)7-5-25-14-30(54)15-32(35(25)31)38-37(45)39-36(41(49-38)56-3)40(51-42(50-39)57-22-43(9-10-43)21-52-18-26-13-27(26)19-52)53-17-23(2)47-28(20-53)6-8-34(55)48-29-11-24(12-29)16-46/h1,5,7,14-15,23-24,26-29,47,54H,6,8-13,17-22H2,2-3H3,(H,48,55). The van der Waals surface area contributed by atoms with Crippen LogP contribution in [0.15, 0.2) is 24.3 Å². The molecule has 14 heteroatoms. The number of nitrogens with zero attached hydrogens (tertiary/aromatic N) is 6. The van der Waals surface area contributed by atoms with Crippen LogP contribution in [-0.4, -0.2) is 95.4 Å². The van der Waals surface area contributed by atoms with Crippen molar-refractivity contribution in [1.29, 1.82) is 5.26 Å². The Morgan fingerprint density at radius 2 is 1.89 bits per heavy atom. The molecule has 1 amide bonds. The van der Waals surface area contributed by atoms with Crippen molar-refractivity contribution < 1.29 is 28.2 Å². The monoisotopic (exact) mass is 776 g/mol. The maximum atomic E-state index is 17.3. The molecule has 296 valence electrons. The van der Waals surface area contributed by atoms with Gasteiger partial charge < -0.3 is 35.0 Å². The van der Waals surface area contributed by atoms with Crippen molar-refractivity contribution in [2.45, 2.75) is 70.0 Å². The van der Waals surface area contributed by atoms with Gasteiger partial charge >= 0.3 is 6.01 Å². The molecular weight excluding hydrogens is 731 g/mol. The Bertz CT molecular complexity index is 2340. The topological polar surface area (TPSA) is 149 Å². The van der Waals surface area contributed by atoms with Gasteiger partial charge in [-0.2, -0.15) is 15.2 Å². The van der Waals surface area contributed by atoms with Crippen LogP contribution in [0.5, 0.6) is 17.6 Å². The second-order valence-corrected chi connectivity index (χ2v) is 17.0. The number of pyridine rings is 1. The van der Waals surface area contributed by atoms with Crippen LogP contribution in [0.1, 0.15) is 57.4 Å². The number of hydrogen-bond acceptors (Lipinski definition) is 11. The number of anilines is 1. The number of amides is 1. The van der Waals surface area contributed by atoms with Gasteiger partial charge in [0.15, 0.2) is 5.82 Å². The number of terminal acetylenes is 1. The van der Waals surface area contributed by atoms with E-state index in [1.807, 2.05) is 11.8 Å². The molecule has 4 heterocycles. The highest BCUT2D eigenvalue weighted by atomic mass is 19.1. The summed E-state index contributed by atoms with van der Waals surface area (Å²) in [5, 5.41) is 27.4. The van der Waals surface area contributed by atoms with Crippen LogP contribution in [0.2, 0.25) is 0 Å². The first-order valence-corrected chi connectivity index (χ1v) is 20.0. The fraction of sp³-hybridized carbons (Fsp3) is 0.512. The van der Waals surface area contributed by atoms with Gasteiger partial charge in [-0.1, -0.05) is 12.0 Å². The molecule has 57 heavy (non-hydrogen) atoms. The Hall–Kier alpha value is -5.31. The molecule has 9 rings (SSSR count). The minimum absolute atomic E-state index is 0.00153. The lowest BCUT2D eigenvalue weighted by Gasteiger charge is -2.39. The number of phenolic OH excluding ortho intramolecular Hbond substituents is 1. The van der Waals surface area contributed by atoms with Gasteiger partial charge in [0.05, 0.1) is 31.3 Å². The first kappa shape index (κ1) is 37.3. The first-order chi connectivity index (χ1) is 27.5. The summed E-state index contributed by atoms with van der Waals surface area (Å²) in [6.07, 6.45) is 11.4. The number of aromatic nitrogens is 3. The van der Waals surface area contributed by atoms with Crippen molar-refractivity contribution in [2.75, 3.05) is 51.3 Å². The van der Waals surface area contributed by atoms with Crippen molar-refractivity contribution in [3.8, 4) is 47.3 Å². The van der Waals surface area contributed by atoms with Crippen LogP contribution < -0.4 is 25.0 Å². The van der Waals surface area contributed by atoms with Crippen molar-refractivity contribution >= 4 is 33.4 Å². The quantitative estimate of drug-likeness (QED) is 0.161. The Balaban J connectivity index is 1.08. The van der Waals surface area contributed by atoms with Gasteiger partial charge in [0.1, 0.15) is 34.0 Å². The molecule has 4 atom stereocenters. The van der Waals surface area contributed by atoms with Crippen LogP contribution in [0, 0.1) is 58.5 Å². The second kappa shape index (κ2) is 14.6.